The molecule has 5 heteroatoms. The molecule has 0 bridgehead atoms. The van der Waals surface area contributed by atoms with Crippen molar-refractivity contribution in [1.82, 2.24) is 10.2 Å². The van der Waals surface area contributed by atoms with E-state index in [2.05, 4.69) is 42.4 Å². The van der Waals surface area contributed by atoms with Gasteiger partial charge in [-0.2, -0.15) is 0 Å². The first kappa shape index (κ1) is 19.1. The maximum atomic E-state index is 12.7. The van der Waals surface area contributed by atoms with Crippen molar-refractivity contribution in [2.24, 2.45) is 5.92 Å². The molecule has 1 fully saturated rings. The van der Waals surface area contributed by atoms with Gasteiger partial charge in [0, 0.05) is 23.9 Å². The van der Waals surface area contributed by atoms with Crippen molar-refractivity contribution in [3.05, 3.63) is 42.5 Å². The lowest BCUT2D eigenvalue weighted by molar-refractivity contribution is -0.136. The highest BCUT2D eigenvalue weighted by Gasteiger charge is 2.25. The second-order valence-electron chi connectivity index (χ2n) is 5.38. The molecule has 0 atom stereocenters. The molecule has 1 aromatic carbocycles. The summed E-state index contributed by atoms with van der Waals surface area (Å²) in [6, 6.07) is 8.44. The molecule has 1 heterocycles. The van der Waals surface area contributed by atoms with Crippen molar-refractivity contribution in [2.45, 2.75) is 24.3 Å². The standard InChI is InChI=1S/C17H24N2OS.ClH/c1-3-12-19(17(20)15-8-10-18-11-9-15)13-14-4-6-16(21-2)7-5-14;/h3-7,15,18H,1,8-13H2,2H3;1H. The van der Waals surface area contributed by atoms with Gasteiger partial charge in [-0.15, -0.1) is 30.7 Å². The van der Waals surface area contributed by atoms with Crippen molar-refractivity contribution >= 4 is 30.1 Å². The Hall–Kier alpha value is -0.970. The molecular weight excluding hydrogens is 316 g/mol. The summed E-state index contributed by atoms with van der Waals surface area (Å²) in [5.74, 6) is 0.432. The van der Waals surface area contributed by atoms with Crippen molar-refractivity contribution in [3.8, 4) is 0 Å². The topological polar surface area (TPSA) is 32.3 Å². The van der Waals surface area contributed by atoms with Gasteiger partial charge in [0.1, 0.15) is 0 Å². The van der Waals surface area contributed by atoms with Crippen LogP contribution in [0.15, 0.2) is 41.8 Å². The fourth-order valence-electron chi connectivity index (χ4n) is 2.67. The molecule has 122 valence electrons. The Morgan fingerprint density at radius 2 is 2.00 bits per heavy atom. The van der Waals surface area contributed by atoms with Crippen molar-refractivity contribution in [3.63, 3.8) is 0 Å². The number of amides is 1. The van der Waals surface area contributed by atoms with Gasteiger partial charge in [-0.1, -0.05) is 18.2 Å². The van der Waals surface area contributed by atoms with E-state index in [0.29, 0.717) is 13.1 Å². The summed E-state index contributed by atoms with van der Waals surface area (Å²) in [6.45, 7) is 6.97. The fourth-order valence-corrected chi connectivity index (χ4v) is 3.07. The first-order valence-corrected chi connectivity index (χ1v) is 8.70. The van der Waals surface area contributed by atoms with Gasteiger partial charge in [0.05, 0.1) is 0 Å². The molecule has 0 aromatic heterocycles. The summed E-state index contributed by atoms with van der Waals surface area (Å²) in [4.78, 5) is 15.8. The highest BCUT2D eigenvalue weighted by atomic mass is 35.5. The number of benzene rings is 1. The highest BCUT2D eigenvalue weighted by molar-refractivity contribution is 7.98. The zero-order valence-corrected chi connectivity index (χ0v) is 14.7. The van der Waals surface area contributed by atoms with Crippen LogP contribution in [-0.4, -0.2) is 36.7 Å². The van der Waals surface area contributed by atoms with Crippen LogP contribution in [0, 0.1) is 5.92 Å². The van der Waals surface area contributed by atoms with Crippen LogP contribution in [0.5, 0.6) is 0 Å². The van der Waals surface area contributed by atoms with Crippen molar-refractivity contribution in [2.75, 3.05) is 25.9 Å². The Balaban J connectivity index is 0.00000242. The van der Waals surface area contributed by atoms with E-state index >= 15 is 0 Å². The summed E-state index contributed by atoms with van der Waals surface area (Å²) in [5, 5.41) is 3.31. The molecule has 1 aliphatic rings. The third-order valence-corrected chi connectivity index (χ3v) is 4.63. The van der Waals surface area contributed by atoms with Gasteiger partial charge in [0.25, 0.3) is 0 Å². The van der Waals surface area contributed by atoms with Gasteiger partial charge < -0.3 is 10.2 Å². The summed E-state index contributed by atoms with van der Waals surface area (Å²) < 4.78 is 0. The van der Waals surface area contributed by atoms with Crippen LogP contribution in [0.1, 0.15) is 18.4 Å². The Bertz CT molecular complexity index is 472. The SMILES string of the molecule is C=CCN(Cc1ccc(SC)cc1)C(=O)C1CCNCC1.Cl. The fraction of sp³-hybridized carbons (Fsp3) is 0.471. The maximum Gasteiger partial charge on any atom is 0.226 e. The molecule has 1 amide bonds. The molecular formula is C17H25ClN2OS. The second-order valence-corrected chi connectivity index (χ2v) is 6.26. The largest absolute Gasteiger partial charge is 0.334 e. The number of nitrogens with zero attached hydrogens (tertiary/aromatic N) is 1. The quantitative estimate of drug-likeness (QED) is 0.636. The summed E-state index contributed by atoms with van der Waals surface area (Å²) >= 11 is 1.73. The zero-order chi connectivity index (χ0) is 15.1. The average molecular weight is 341 g/mol. The molecule has 0 spiro atoms. The Morgan fingerprint density at radius 3 is 2.55 bits per heavy atom. The number of thioether (sulfide) groups is 1. The van der Waals surface area contributed by atoms with E-state index in [4.69, 9.17) is 0 Å². The van der Waals surface area contributed by atoms with Gasteiger partial charge in [-0.05, 0) is 49.9 Å². The first-order valence-electron chi connectivity index (χ1n) is 7.48. The van der Waals surface area contributed by atoms with Gasteiger partial charge in [-0.25, -0.2) is 0 Å². The van der Waals surface area contributed by atoms with Crippen molar-refractivity contribution < 1.29 is 4.79 Å². The van der Waals surface area contributed by atoms with Gasteiger partial charge in [0.15, 0.2) is 0 Å². The monoisotopic (exact) mass is 340 g/mol. The van der Waals surface area contributed by atoms with Crippen molar-refractivity contribution in [1.29, 1.82) is 0 Å². The predicted molar refractivity (Wildman–Crippen MR) is 96.7 cm³/mol. The minimum Gasteiger partial charge on any atom is -0.334 e. The van der Waals surface area contributed by atoms with E-state index in [0.717, 1.165) is 25.9 Å². The van der Waals surface area contributed by atoms with Crippen LogP contribution in [0.2, 0.25) is 0 Å². The van der Waals surface area contributed by atoms with Gasteiger partial charge >= 0.3 is 0 Å². The normalized spacial score (nSPS) is 15.0. The molecule has 0 radical (unpaired) electrons. The van der Waals surface area contributed by atoms with Crippen LogP contribution in [0.25, 0.3) is 0 Å². The first-order chi connectivity index (χ1) is 10.2. The number of carbonyl (C=O) groups excluding carboxylic acids is 1. The van der Waals surface area contributed by atoms with E-state index in [1.807, 2.05) is 11.0 Å². The van der Waals surface area contributed by atoms with E-state index in [9.17, 15) is 4.79 Å². The maximum absolute atomic E-state index is 12.7. The van der Waals surface area contributed by atoms with E-state index < -0.39 is 0 Å². The minimum absolute atomic E-state index is 0. The molecule has 0 unspecified atom stereocenters. The summed E-state index contributed by atoms with van der Waals surface area (Å²) in [5.41, 5.74) is 1.18. The van der Waals surface area contributed by atoms with Crippen LogP contribution in [0.4, 0.5) is 0 Å². The van der Waals surface area contributed by atoms with Crippen LogP contribution < -0.4 is 5.32 Å². The molecule has 1 N–H and O–H groups in total. The molecule has 1 aromatic rings. The zero-order valence-electron chi connectivity index (χ0n) is 13.1. The lowest BCUT2D eigenvalue weighted by Crippen LogP contribution is -2.40. The number of rotatable bonds is 6. The average Bonchev–Trinajstić information content (AvgIpc) is 2.55. The Labute approximate surface area is 143 Å². The number of nitrogens with one attached hydrogen (secondary N) is 1. The predicted octanol–water partition coefficient (Wildman–Crippen LogP) is 3.34. The number of halogens is 1. The third kappa shape index (κ3) is 5.34. The summed E-state index contributed by atoms with van der Waals surface area (Å²) in [6.07, 6.45) is 5.77. The van der Waals surface area contributed by atoms with E-state index in [1.165, 1.54) is 10.5 Å². The number of carbonyl (C=O) groups is 1. The smallest absolute Gasteiger partial charge is 0.226 e. The number of hydrogen-bond donors (Lipinski definition) is 1. The molecule has 1 aliphatic heterocycles. The Morgan fingerprint density at radius 1 is 1.36 bits per heavy atom. The Kier molecular flexibility index (Phi) is 8.61. The molecule has 22 heavy (non-hydrogen) atoms. The third-order valence-electron chi connectivity index (χ3n) is 3.88. The number of hydrogen-bond acceptors (Lipinski definition) is 3. The van der Waals surface area contributed by atoms with Crippen LogP contribution >= 0.6 is 24.2 Å². The van der Waals surface area contributed by atoms with Gasteiger partial charge in [-0.3, -0.25) is 4.79 Å². The molecule has 3 nitrogen and oxygen atoms in total. The lowest BCUT2D eigenvalue weighted by Gasteiger charge is -2.29. The molecule has 1 saturated heterocycles. The molecule has 0 aliphatic carbocycles. The molecule has 0 saturated carbocycles. The summed E-state index contributed by atoms with van der Waals surface area (Å²) in [7, 11) is 0. The number of piperidine rings is 1. The van der Waals surface area contributed by atoms with Crippen LogP contribution in [-0.2, 0) is 11.3 Å². The van der Waals surface area contributed by atoms with E-state index in [1.54, 1.807) is 11.8 Å². The highest BCUT2D eigenvalue weighted by Crippen LogP contribution is 2.19. The van der Waals surface area contributed by atoms with E-state index in [-0.39, 0.29) is 24.2 Å². The second kappa shape index (κ2) is 9.93. The molecule has 2 rings (SSSR count). The lowest BCUT2D eigenvalue weighted by atomic mass is 9.96. The van der Waals surface area contributed by atoms with Gasteiger partial charge in [0.2, 0.25) is 5.91 Å². The van der Waals surface area contributed by atoms with Crippen LogP contribution in [0.3, 0.4) is 0 Å². The minimum atomic E-state index is 0.